The molecule has 1 unspecified atom stereocenters. The molecule has 1 heterocycles. The molecule has 1 N–H and O–H groups in total. The Morgan fingerprint density at radius 1 is 1.13 bits per heavy atom. The highest BCUT2D eigenvalue weighted by Crippen LogP contribution is 2.38. The maximum Gasteiger partial charge on any atom is 0.123 e. The summed E-state index contributed by atoms with van der Waals surface area (Å²) in [5.41, 5.74) is 0.423. The third-order valence-electron chi connectivity index (χ3n) is 5.57. The summed E-state index contributed by atoms with van der Waals surface area (Å²) in [4.78, 5) is 4.76. The van der Waals surface area contributed by atoms with Crippen LogP contribution in [-0.4, -0.2) is 53.7 Å². The van der Waals surface area contributed by atoms with Crippen molar-refractivity contribution >= 4 is 0 Å². The van der Waals surface area contributed by atoms with E-state index in [1.807, 2.05) is 6.07 Å². The molecule has 1 aromatic rings. The minimum atomic E-state index is -0.585. The molecule has 2 aliphatic rings. The molecule has 1 saturated carbocycles. The maximum atomic E-state index is 13.7. The van der Waals surface area contributed by atoms with E-state index >= 15 is 0 Å². The van der Waals surface area contributed by atoms with Gasteiger partial charge in [0.1, 0.15) is 5.82 Å². The largest absolute Gasteiger partial charge is 0.390 e. The van der Waals surface area contributed by atoms with E-state index < -0.39 is 5.60 Å². The van der Waals surface area contributed by atoms with Crippen LogP contribution in [0.15, 0.2) is 24.3 Å². The van der Waals surface area contributed by atoms with Crippen LogP contribution < -0.4 is 0 Å². The molecule has 1 aliphatic carbocycles. The van der Waals surface area contributed by atoms with Crippen molar-refractivity contribution in [3.63, 3.8) is 0 Å². The third kappa shape index (κ3) is 4.31. The van der Waals surface area contributed by atoms with Gasteiger partial charge in [-0.3, -0.25) is 4.90 Å². The summed E-state index contributed by atoms with van der Waals surface area (Å²) < 4.78 is 13.7. The molecular weight excluding hydrogens is 291 g/mol. The Bertz CT molecular complexity index is 508. The van der Waals surface area contributed by atoms with Crippen molar-refractivity contribution in [1.82, 2.24) is 9.80 Å². The molecule has 0 aromatic heterocycles. The minimum Gasteiger partial charge on any atom is -0.390 e. The molecule has 23 heavy (non-hydrogen) atoms. The standard InChI is InChI=1S/C19H29FN2O/c1-21-10-12-22(13-11-21)18(16-6-5-7-17(20)14-16)15-19(23)8-3-2-4-9-19/h5-7,14,18,23H,2-4,8-13,15H2,1H3. The molecule has 0 bridgehead atoms. The zero-order valence-electron chi connectivity index (χ0n) is 14.2. The third-order valence-corrected chi connectivity index (χ3v) is 5.57. The summed E-state index contributed by atoms with van der Waals surface area (Å²) in [5.74, 6) is -0.183. The number of hydrogen-bond donors (Lipinski definition) is 1. The van der Waals surface area contributed by atoms with Gasteiger partial charge in [0.25, 0.3) is 0 Å². The molecule has 128 valence electrons. The second-order valence-corrected chi connectivity index (χ2v) is 7.40. The first kappa shape index (κ1) is 16.9. The first-order valence-electron chi connectivity index (χ1n) is 8.96. The van der Waals surface area contributed by atoms with Gasteiger partial charge in [0.2, 0.25) is 0 Å². The summed E-state index contributed by atoms with van der Waals surface area (Å²) in [5, 5.41) is 11.0. The van der Waals surface area contributed by atoms with Crippen molar-refractivity contribution in [1.29, 1.82) is 0 Å². The number of hydrogen-bond acceptors (Lipinski definition) is 3. The zero-order chi connectivity index (χ0) is 16.3. The number of nitrogens with zero attached hydrogens (tertiary/aromatic N) is 2. The van der Waals surface area contributed by atoms with Gasteiger partial charge in [-0.1, -0.05) is 31.4 Å². The molecule has 1 atom stereocenters. The molecule has 1 aromatic carbocycles. The smallest absolute Gasteiger partial charge is 0.123 e. The molecule has 1 aliphatic heterocycles. The number of halogens is 1. The average Bonchev–Trinajstić information content (AvgIpc) is 2.54. The number of benzene rings is 1. The number of aliphatic hydroxyl groups is 1. The Kier molecular flexibility index (Phi) is 5.34. The van der Waals surface area contributed by atoms with E-state index in [0.29, 0.717) is 0 Å². The van der Waals surface area contributed by atoms with E-state index in [-0.39, 0.29) is 11.9 Å². The lowest BCUT2D eigenvalue weighted by Gasteiger charge is -2.42. The highest BCUT2D eigenvalue weighted by Gasteiger charge is 2.35. The van der Waals surface area contributed by atoms with Crippen LogP contribution in [-0.2, 0) is 0 Å². The normalized spacial score (nSPS) is 24.5. The van der Waals surface area contributed by atoms with Crippen LogP contribution in [0, 0.1) is 5.82 Å². The van der Waals surface area contributed by atoms with Crippen LogP contribution >= 0.6 is 0 Å². The summed E-state index contributed by atoms with van der Waals surface area (Å²) in [6, 6.07) is 7.06. The Labute approximate surface area is 139 Å². The molecule has 0 radical (unpaired) electrons. The Balaban J connectivity index is 1.80. The number of likely N-dealkylation sites (N-methyl/N-ethyl adjacent to an activating group) is 1. The Morgan fingerprint density at radius 3 is 2.48 bits per heavy atom. The van der Waals surface area contributed by atoms with Gasteiger partial charge in [0.05, 0.1) is 5.60 Å². The average molecular weight is 320 g/mol. The Hall–Kier alpha value is -0.970. The van der Waals surface area contributed by atoms with E-state index in [1.165, 1.54) is 12.5 Å². The van der Waals surface area contributed by atoms with Gasteiger partial charge in [0, 0.05) is 32.2 Å². The maximum absolute atomic E-state index is 13.7. The molecule has 3 rings (SSSR count). The molecule has 0 spiro atoms. The first-order chi connectivity index (χ1) is 11.1. The second-order valence-electron chi connectivity index (χ2n) is 7.40. The van der Waals surface area contributed by atoms with Crippen LogP contribution in [0.3, 0.4) is 0 Å². The van der Waals surface area contributed by atoms with E-state index in [0.717, 1.165) is 63.8 Å². The van der Waals surface area contributed by atoms with Crippen LogP contribution in [0.4, 0.5) is 4.39 Å². The fourth-order valence-electron chi connectivity index (χ4n) is 4.08. The van der Waals surface area contributed by atoms with Gasteiger partial charge in [-0.2, -0.15) is 0 Å². The number of piperazine rings is 1. The first-order valence-corrected chi connectivity index (χ1v) is 8.96. The van der Waals surface area contributed by atoms with Gasteiger partial charge in [-0.25, -0.2) is 4.39 Å². The lowest BCUT2D eigenvalue weighted by atomic mass is 9.79. The quantitative estimate of drug-likeness (QED) is 0.923. The second kappa shape index (κ2) is 7.29. The highest BCUT2D eigenvalue weighted by molar-refractivity contribution is 5.21. The van der Waals surface area contributed by atoms with E-state index in [2.05, 4.69) is 16.8 Å². The van der Waals surface area contributed by atoms with Crippen LogP contribution in [0.5, 0.6) is 0 Å². The van der Waals surface area contributed by atoms with Gasteiger partial charge < -0.3 is 10.0 Å². The summed E-state index contributed by atoms with van der Waals surface area (Å²) in [7, 11) is 2.14. The fourth-order valence-corrected chi connectivity index (χ4v) is 4.08. The monoisotopic (exact) mass is 320 g/mol. The zero-order valence-corrected chi connectivity index (χ0v) is 14.2. The number of rotatable bonds is 4. The van der Waals surface area contributed by atoms with E-state index in [1.54, 1.807) is 12.1 Å². The molecule has 3 nitrogen and oxygen atoms in total. The van der Waals surface area contributed by atoms with Crippen molar-refractivity contribution in [3.05, 3.63) is 35.6 Å². The van der Waals surface area contributed by atoms with Crippen LogP contribution in [0.1, 0.15) is 50.1 Å². The molecular formula is C19H29FN2O. The van der Waals surface area contributed by atoms with Crippen molar-refractivity contribution in [2.75, 3.05) is 33.2 Å². The van der Waals surface area contributed by atoms with E-state index in [4.69, 9.17) is 0 Å². The van der Waals surface area contributed by atoms with Crippen LogP contribution in [0.2, 0.25) is 0 Å². The molecule has 1 saturated heterocycles. The SMILES string of the molecule is CN1CCN(C(CC2(O)CCCCC2)c2cccc(F)c2)CC1. The minimum absolute atomic E-state index is 0.113. The van der Waals surface area contributed by atoms with Crippen molar-refractivity contribution in [2.24, 2.45) is 0 Å². The Morgan fingerprint density at radius 2 is 1.83 bits per heavy atom. The molecule has 4 heteroatoms. The topological polar surface area (TPSA) is 26.7 Å². The van der Waals surface area contributed by atoms with Crippen molar-refractivity contribution in [3.8, 4) is 0 Å². The molecule has 0 amide bonds. The van der Waals surface area contributed by atoms with Gasteiger partial charge >= 0.3 is 0 Å². The summed E-state index contributed by atoms with van der Waals surface area (Å²) >= 11 is 0. The lowest BCUT2D eigenvalue weighted by molar-refractivity contribution is -0.0333. The van der Waals surface area contributed by atoms with E-state index in [9.17, 15) is 9.50 Å². The van der Waals surface area contributed by atoms with Gasteiger partial charge in [-0.15, -0.1) is 0 Å². The highest BCUT2D eigenvalue weighted by atomic mass is 19.1. The fraction of sp³-hybridized carbons (Fsp3) is 0.684. The van der Waals surface area contributed by atoms with Crippen molar-refractivity contribution < 1.29 is 9.50 Å². The predicted molar refractivity (Wildman–Crippen MR) is 90.9 cm³/mol. The van der Waals surface area contributed by atoms with Gasteiger partial charge in [0.15, 0.2) is 0 Å². The van der Waals surface area contributed by atoms with Crippen molar-refractivity contribution in [2.45, 2.75) is 50.2 Å². The van der Waals surface area contributed by atoms with Gasteiger partial charge in [-0.05, 0) is 44.0 Å². The predicted octanol–water partition coefficient (Wildman–Crippen LogP) is 3.20. The lowest BCUT2D eigenvalue weighted by Crippen LogP contribution is -2.48. The molecule has 2 fully saturated rings. The summed E-state index contributed by atoms with van der Waals surface area (Å²) in [6.07, 6.45) is 5.92. The summed E-state index contributed by atoms with van der Waals surface area (Å²) in [6.45, 7) is 4.02. The van der Waals surface area contributed by atoms with Crippen LogP contribution in [0.25, 0.3) is 0 Å².